The highest BCUT2D eigenvalue weighted by atomic mass is 32.2. The van der Waals surface area contributed by atoms with E-state index >= 15 is 0 Å². The number of rotatable bonds is 11. The van der Waals surface area contributed by atoms with Crippen molar-refractivity contribution in [2.75, 3.05) is 30.2 Å². The predicted octanol–water partition coefficient (Wildman–Crippen LogP) is 3.70. The van der Waals surface area contributed by atoms with Gasteiger partial charge in [0.25, 0.3) is 0 Å². The first-order valence-electron chi connectivity index (χ1n) is 11.5. The third kappa shape index (κ3) is 8.54. The first-order valence-corrected chi connectivity index (χ1v) is 13.3. The fourth-order valence-electron chi connectivity index (χ4n) is 3.47. The van der Waals surface area contributed by atoms with Gasteiger partial charge in [-0.15, -0.1) is 0 Å². The number of nitrogens with zero attached hydrogens (tertiary/aromatic N) is 2. The Labute approximate surface area is 210 Å². The van der Waals surface area contributed by atoms with Crippen molar-refractivity contribution in [3.63, 3.8) is 0 Å². The monoisotopic (exact) mass is 527 g/mol. The van der Waals surface area contributed by atoms with Crippen LogP contribution in [0.15, 0.2) is 54.6 Å². The van der Waals surface area contributed by atoms with E-state index in [2.05, 4.69) is 5.32 Å². The first-order chi connectivity index (χ1) is 16.7. The number of carbonyl (C=O) groups excluding carboxylic acids is 2. The lowest BCUT2D eigenvalue weighted by Gasteiger charge is -2.31. The van der Waals surface area contributed by atoms with Crippen molar-refractivity contribution >= 4 is 27.5 Å². The molecule has 0 heterocycles. The third-order valence-electron chi connectivity index (χ3n) is 5.48. The lowest BCUT2D eigenvalue weighted by Crippen LogP contribution is -2.52. The molecule has 2 aromatic carbocycles. The van der Waals surface area contributed by atoms with Crippen LogP contribution < -0.4 is 9.62 Å². The van der Waals surface area contributed by atoms with Gasteiger partial charge in [-0.3, -0.25) is 13.9 Å². The van der Waals surface area contributed by atoms with Gasteiger partial charge in [0.05, 0.1) is 17.5 Å². The van der Waals surface area contributed by atoms with Crippen molar-refractivity contribution in [1.82, 2.24) is 10.2 Å². The van der Waals surface area contributed by atoms with E-state index in [0.29, 0.717) is 23.3 Å². The number of nitrogens with one attached hydrogen (secondary N) is 1. The Hall–Kier alpha value is -3.08. The lowest BCUT2D eigenvalue weighted by atomic mass is 10.1. The van der Waals surface area contributed by atoms with Crippen molar-refractivity contribution in [1.29, 1.82) is 0 Å². The van der Waals surface area contributed by atoms with Gasteiger partial charge in [0.1, 0.15) is 12.6 Å². The second-order valence-electron chi connectivity index (χ2n) is 8.96. The van der Waals surface area contributed by atoms with Gasteiger partial charge in [-0.2, -0.15) is 13.2 Å². The van der Waals surface area contributed by atoms with Gasteiger partial charge in [-0.1, -0.05) is 50.2 Å². The molecule has 0 saturated carbocycles. The molecule has 0 bridgehead atoms. The number of hydrogen-bond acceptors (Lipinski definition) is 4. The Morgan fingerprint density at radius 2 is 1.64 bits per heavy atom. The quantitative estimate of drug-likeness (QED) is 0.483. The van der Waals surface area contributed by atoms with Crippen molar-refractivity contribution in [2.45, 2.75) is 39.4 Å². The van der Waals surface area contributed by atoms with Crippen LogP contribution in [0.2, 0.25) is 0 Å². The second kappa shape index (κ2) is 12.2. The van der Waals surface area contributed by atoms with Gasteiger partial charge in [0.15, 0.2) is 0 Å². The van der Waals surface area contributed by atoms with Crippen LogP contribution >= 0.6 is 0 Å². The highest BCUT2D eigenvalue weighted by Gasteiger charge is 2.33. The number of amides is 2. The molecule has 1 unspecified atom stereocenters. The van der Waals surface area contributed by atoms with Crippen LogP contribution in [0.25, 0.3) is 0 Å². The average Bonchev–Trinajstić information content (AvgIpc) is 2.80. The standard InChI is InChI=1S/C25H32F3N3O4S/c1-18(2)16-29-24(33)19(3)30(14-13-20-9-6-5-7-10-20)23(32)17-31(36(4,34)35)22-12-8-11-21(15-22)25(26,27)28/h5-12,15,18-19H,13-14,16-17H2,1-4H3,(H,29,33). The summed E-state index contributed by atoms with van der Waals surface area (Å²) in [7, 11) is -4.13. The zero-order valence-electron chi connectivity index (χ0n) is 20.7. The zero-order valence-corrected chi connectivity index (χ0v) is 21.6. The maximum absolute atomic E-state index is 13.4. The number of alkyl halides is 3. The molecule has 2 amide bonds. The summed E-state index contributed by atoms with van der Waals surface area (Å²) in [5.41, 5.74) is -0.424. The minimum atomic E-state index is -4.69. The van der Waals surface area contributed by atoms with E-state index in [4.69, 9.17) is 0 Å². The van der Waals surface area contributed by atoms with E-state index in [9.17, 15) is 31.2 Å². The molecule has 0 aliphatic rings. The molecule has 7 nitrogen and oxygen atoms in total. The predicted molar refractivity (Wildman–Crippen MR) is 133 cm³/mol. The fourth-order valence-corrected chi connectivity index (χ4v) is 4.32. The molecule has 0 saturated heterocycles. The van der Waals surface area contributed by atoms with E-state index in [1.165, 1.54) is 17.9 Å². The number of benzene rings is 2. The Morgan fingerprint density at radius 3 is 2.19 bits per heavy atom. The average molecular weight is 528 g/mol. The van der Waals surface area contributed by atoms with Crippen molar-refractivity contribution in [2.24, 2.45) is 5.92 Å². The van der Waals surface area contributed by atoms with Crippen molar-refractivity contribution in [3.05, 3.63) is 65.7 Å². The van der Waals surface area contributed by atoms with E-state index in [1.807, 2.05) is 44.2 Å². The molecule has 0 fully saturated rings. The van der Waals surface area contributed by atoms with Crippen LogP contribution in [-0.2, 0) is 32.2 Å². The van der Waals surface area contributed by atoms with E-state index < -0.39 is 46.2 Å². The summed E-state index contributed by atoms with van der Waals surface area (Å²) in [4.78, 5) is 27.4. The lowest BCUT2D eigenvalue weighted by molar-refractivity contribution is -0.138. The third-order valence-corrected chi connectivity index (χ3v) is 6.62. The van der Waals surface area contributed by atoms with Crippen LogP contribution in [0.1, 0.15) is 31.9 Å². The molecule has 0 aliphatic heterocycles. The number of sulfonamides is 1. The van der Waals surface area contributed by atoms with Gasteiger partial charge in [0.2, 0.25) is 21.8 Å². The van der Waals surface area contributed by atoms with Crippen LogP contribution in [0.4, 0.5) is 18.9 Å². The van der Waals surface area contributed by atoms with Crippen LogP contribution in [0.3, 0.4) is 0 Å². The number of anilines is 1. The SMILES string of the molecule is CC(C)CNC(=O)C(C)N(CCc1ccccc1)C(=O)CN(c1cccc(C(F)(F)F)c1)S(C)(=O)=O. The first kappa shape index (κ1) is 29.2. The number of halogens is 3. The molecule has 2 rings (SSSR count). The molecule has 36 heavy (non-hydrogen) atoms. The highest BCUT2D eigenvalue weighted by Crippen LogP contribution is 2.32. The smallest absolute Gasteiger partial charge is 0.354 e. The number of carbonyl (C=O) groups is 2. The van der Waals surface area contributed by atoms with Gasteiger partial charge >= 0.3 is 6.18 Å². The molecule has 0 aromatic heterocycles. The zero-order chi connectivity index (χ0) is 27.1. The van der Waals surface area contributed by atoms with Crippen LogP contribution in [-0.4, -0.2) is 57.1 Å². The molecule has 2 aromatic rings. The Balaban J connectivity index is 2.35. The van der Waals surface area contributed by atoms with Gasteiger partial charge in [0, 0.05) is 13.1 Å². The normalized spacial score (nSPS) is 12.8. The van der Waals surface area contributed by atoms with Gasteiger partial charge in [-0.25, -0.2) is 8.42 Å². The van der Waals surface area contributed by atoms with E-state index in [0.717, 1.165) is 24.0 Å². The summed E-state index contributed by atoms with van der Waals surface area (Å²) >= 11 is 0. The van der Waals surface area contributed by atoms with Crippen molar-refractivity contribution < 1.29 is 31.2 Å². The van der Waals surface area contributed by atoms with Gasteiger partial charge < -0.3 is 10.2 Å². The summed E-state index contributed by atoms with van der Waals surface area (Å²) in [6.07, 6.45) is -3.47. The summed E-state index contributed by atoms with van der Waals surface area (Å²) in [6.45, 7) is 5.12. The topological polar surface area (TPSA) is 86.8 Å². The Morgan fingerprint density at radius 1 is 1.00 bits per heavy atom. The Kier molecular flexibility index (Phi) is 9.92. The molecule has 1 atom stereocenters. The molecule has 0 radical (unpaired) electrons. The van der Waals surface area contributed by atoms with Crippen molar-refractivity contribution in [3.8, 4) is 0 Å². The summed E-state index contributed by atoms with van der Waals surface area (Å²) in [5.74, 6) is -0.938. The fraction of sp³-hybridized carbons (Fsp3) is 0.440. The maximum Gasteiger partial charge on any atom is 0.416 e. The molecule has 11 heteroatoms. The molecule has 0 spiro atoms. The Bertz CT molecular complexity index is 1140. The number of hydrogen-bond donors (Lipinski definition) is 1. The minimum absolute atomic E-state index is 0.110. The molecule has 198 valence electrons. The molecular weight excluding hydrogens is 495 g/mol. The molecular formula is C25H32F3N3O4S. The van der Waals surface area contributed by atoms with E-state index in [1.54, 1.807) is 0 Å². The summed E-state index contributed by atoms with van der Waals surface area (Å²) < 4.78 is 65.3. The second-order valence-corrected chi connectivity index (χ2v) is 10.9. The summed E-state index contributed by atoms with van der Waals surface area (Å²) in [5, 5.41) is 2.77. The summed E-state index contributed by atoms with van der Waals surface area (Å²) in [6, 6.07) is 12.1. The largest absolute Gasteiger partial charge is 0.416 e. The van der Waals surface area contributed by atoms with Crippen LogP contribution in [0.5, 0.6) is 0 Å². The van der Waals surface area contributed by atoms with E-state index in [-0.39, 0.29) is 18.2 Å². The molecule has 1 N–H and O–H groups in total. The maximum atomic E-state index is 13.4. The minimum Gasteiger partial charge on any atom is -0.354 e. The van der Waals surface area contributed by atoms with Crippen LogP contribution in [0, 0.1) is 5.92 Å². The highest BCUT2D eigenvalue weighted by molar-refractivity contribution is 7.92. The molecule has 0 aliphatic carbocycles. The van der Waals surface area contributed by atoms with Gasteiger partial charge in [-0.05, 0) is 43.0 Å².